The van der Waals surface area contributed by atoms with Crippen LogP contribution in [-0.2, 0) is 6.42 Å². The van der Waals surface area contributed by atoms with E-state index in [4.69, 9.17) is 11.6 Å². The van der Waals surface area contributed by atoms with Crippen LogP contribution in [0.2, 0.25) is 5.15 Å². The molecule has 1 amide bonds. The lowest BCUT2D eigenvalue weighted by atomic mass is 9.76. The van der Waals surface area contributed by atoms with Gasteiger partial charge in [0.15, 0.2) is 0 Å². The van der Waals surface area contributed by atoms with Crippen LogP contribution < -0.4 is 5.32 Å². The van der Waals surface area contributed by atoms with Gasteiger partial charge in [-0.3, -0.25) is 14.7 Å². The number of rotatable bonds is 4. The Labute approximate surface area is 152 Å². The van der Waals surface area contributed by atoms with Crippen molar-refractivity contribution in [2.75, 3.05) is 13.1 Å². The van der Waals surface area contributed by atoms with Crippen molar-refractivity contribution in [1.82, 2.24) is 20.2 Å². The van der Waals surface area contributed by atoms with E-state index in [1.54, 1.807) is 18.3 Å². The molecule has 3 fully saturated rings. The maximum Gasteiger partial charge on any atom is 0.253 e. The first kappa shape index (κ1) is 16.5. The van der Waals surface area contributed by atoms with Crippen molar-refractivity contribution in [3.05, 3.63) is 59.1 Å². The Morgan fingerprint density at radius 2 is 2.08 bits per heavy atom. The molecule has 5 nitrogen and oxygen atoms in total. The third kappa shape index (κ3) is 3.53. The molecular weight excluding hydrogens is 336 g/mol. The standard InChI is InChI=1S/C19H21ClN4O/c20-17-4-3-15(12-22-17)19(25)23-18-14-5-8-24(9-6-14)16(18)10-13-2-1-7-21-11-13/h1-4,7,11-12,14,16,18H,5-6,8-10H2,(H,23,25). The summed E-state index contributed by atoms with van der Waals surface area (Å²) in [5, 5.41) is 3.67. The lowest BCUT2D eigenvalue weighted by Gasteiger charge is -2.51. The predicted molar refractivity (Wildman–Crippen MR) is 96.5 cm³/mol. The average Bonchev–Trinajstić information content (AvgIpc) is 2.66. The van der Waals surface area contributed by atoms with Gasteiger partial charge in [0.05, 0.1) is 5.56 Å². The Morgan fingerprint density at radius 1 is 1.24 bits per heavy atom. The fraction of sp³-hybridized carbons (Fsp3) is 0.421. The SMILES string of the molecule is O=C(NC1C2CCN(CC2)C1Cc1cccnc1)c1ccc(Cl)nc1. The van der Waals surface area contributed by atoms with Gasteiger partial charge in [0, 0.05) is 30.7 Å². The number of piperidine rings is 3. The van der Waals surface area contributed by atoms with Gasteiger partial charge < -0.3 is 5.32 Å². The lowest BCUT2D eigenvalue weighted by molar-refractivity contribution is 0.0136. The van der Waals surface area contributed by atoms with Gasteiger partial charge in [0.1, 0.15) is 5.15 Å². The van der Waals surface area contributed by atoms with Gasteiger partial charge in [-0.05, 0) is 62.0 Å². The van der Waals surface area contributed by atoms with Crippen molar-refractivity contribution in [1.29, 1.82) is 0 Å². The molecule has 5 heterocycles. The first-order chi connectivity index (χ1) is 12.2. The summed E-state index contributed by atoms with van der Waals surface area (Å²) in [6, 6.07) is 7.94. The highest BCUT2D eigenvalue weighted by Crippen LogP contribution is 2.34. The van der Waals surface area contributed by atoms with Crippen molar-refractivity contribution in [3.8, 4) is 0 Å². The number of nitrogens with one attached hydrogen (secondary N) is 1. The molecule has 2 aromatic rings. The first-order valence-electron chi connectivity index (χ1n) is 8.76. The van der Waals surface area contributed by atoms with Gasteiger partial charge in [-0.2, -0.15) is 0 Å². The first-order valence-corrected chi connectivity index (χ1v) is 9.14. The van der Waals surface area contributed by atoms with Crippen LogP contribution in [-0.4, -0.2) is 45.9 Å². The van der Waals surface area contributed by atoms with E-state index in [0.29, 0.717) is 22.7 Å². The largest absolute Gasteiger partial charge is 0.347 e. The minimum Gasteiger partial charge on any atom is -0.347 e. The van der Waals surface area contributed by atoms with Gasteiger partial charge in [-0.1, -0.05) is 17.7 Å². The molecule has 5 rings (SSSR count). The van der Waals surface area contributed by atoms with Crippen LogP contribution in [0.5, 0.6) is 0 Å². The molecule has 3 aliphatic rings. The summed E-state index contributed by atoms with van der Waals surface area (Å²) in [6.07, 6.45) is 8.46. The van der Waals surface area contributed by atoms with E-state index in [-0.39, 0.29) is 11.9 Å². The second-order valence-corrected chi connectivity index (χ2v) is 7.26. The zero-order valence-corrected chi connectivity index (χ0v) is 14.7. The summed E-state index contributed by atoms with van der Waals surface area (Å²) in [4.78, 5) is 23.4. The number of nitrogens with zero attached hydrogens (tertiary/aromatic N) is 3. The highest BCUT2D eigenvalue weighted by atomic mass is 35.5. The smallest absolute Gasteiger partial charge is 0.253 e. The third-order valence-electron chi connectivity index (χ3n) is 5.42. The zero-order chi connectivity index (χ0) is 17.2. The molecule has 2 atom stereocenters. The molecule has 2 aromatic heterocycles. The van der Waals surface area contributed by atoms with Crippen LogP contribution in [0.3, 0.4) is 0 Å². The fourth-order valence-electron chi connectivity index (χ4n) is 4.13. The fourth-order valence-corrected chi connectivity index (χ4v) is 4.24. The number of fused-ring (bicyclic) bond motifs is 3. The minimum absolute atomic E-state index is 0.0703. The summed E-state index contributed by atoms with van der Waals surface area (Å²) in [5.74, 6) is 0.468. The zero-order valence-electron chi connectivity index (χ0n) is 13.9. The summed E-state index contributed by atoms with van der Waals surface area (Å²) < 4.78 is 0. The molecule has 6 heteroatoms. The van der Waals surface area contributed by atoms with Crippen molar-refractivity contribution >= 4 is 17.5 Å². The van der Waals surface area contributed by atoms with Crippen LogP contribution in [0.1, 0.15) is 28.8 Å². The van der Waals surface area contributed by atoms with Crippen molar-refractivity contribution < 1.29 is 4.79 Å². The van der Waals surface area contributed by atoms with Gasteiger partial charge in [0.2, 0.25) is 0 Å². The maximum atomic E-state index is 12.7. The molecule has 0 saturated carbocycles. The van der Waals surface area contributed by atoms with Gasteiger partial charge in [0.25, 0.3) is 5.91 Å². The van der Waals surface area contributed by atoms with Crippen LogP contribution in [0, 0.1) is 5.92 Å². The summed E-state index contributed by atoms with van der Waals surface area (Å²) in [7, 11) is 0. The highest BCUT2D eigenvalue weighted by Gasteiger charge is 2.42. The molecule has 0 aromatic carbocycles. The van der Waals surface area contributed by atoms with Crippen LogP contribution >= 0.6 is 11.6 Å². The van der Waals surface area contributed by atoms with Crippen molar-refractivity contribution in [3.63, 3.8) is 0 Å². The topological polar surface area (TPSA) is 58.1 Å². The Hall–Kier alpha value is -1.98. The van der Waals surface area contributed by atoms with E-state index < -0.39 is 0 Å². The molecule has 3 saturated heterocycles. The maximum absolute atomic E-state index is 12.7. The number of hydrogen-bond acceptors (Lipinski definition) is 4. The van der Waals surface area contributed by atoms with Crippen molar-refractivity contribution in [2.45, 2.75) is 31.3 Å². The molecule has 3 aliphatic heterocycles. The second kappa shape index (κ2) is 7.10. The quantitative estimate of drug-likeness (QED) is 0.855. The van der Waals surface area contributed by atoms with E-state index in [1.165, 1.54) is 11.8 Å². The predicted octanol–water partition coefficient (Wildman–Crippen LogP) is 2.57. The van der Waals surface area contributed by atoms with Crippen LogP contribution in [0.25, 0.3) is 0 Å². The van der Waals surface area contributed by atoms with E-state index in [2.05, 4.69) is 26.3 Å². The Morgan fingerprint density at radius 3 is 2.76 bits per heavy atom. The molecule has 0 radical (unpaired) electrons. The Kier molecular flexibility index (Phi) is 4.68. The second-order valence-electron chi connectivity index (χ2n) is 6.87. The van der Waals surface area contributed by atoms with Gasteiger partial charge >= 0.3 is 0 Å². The lowest BCUT2D eigenvalue weighted by Crippen LogP contribution is -2.64. The monoisotopic (exact) mass is 356 g/mol. The highest BCUT2D eigenvalue weighted by molar-refractivity contribution is 6.29. The number of aromatic nitrogens is 2. The van der Waals surface area contributed by atoms with E-state index >= 15 is 0 Å². The molecule has 25 heavy (non-hydrogen) atoms. The molecule has 1 N–H and O–H groups in total. The van der Waals surface area contributed by atoms with Gasteiger partial charge in [-0.25, -0.2) is 4.98 Å². The number of pyridine rings is 2. The normalized spacial score (nSPS) is 27.9. The molecular formula is C19H21ClN4O. The summed E-state index contributed by atoms with van der Waals surface area (Å²) in [5.41, 5.74) is 1.77. The molecule has 2 unspecified atom stereocenters. The summed E-state index contributed by atoms with van der Waals surface area (Å²) in [6.45, 7) is 2.23. The van der Waals surface area contributed by atoms with Crippen molar-refractivity contribution in [2.24, 2.45) is 5.92 Å². The molecule has 130 valence electrons. The molecule has 0 aliphatic carbocycles. The number of halogens is 1. The minimum atomic E-state index is -0.0703. The number of amides is 1. The van der Waals surface area contributed by atoms with Crippen LogP contribution in [0.15, 0.2) is 42.9 Å². The number of hydrogen-bond donors (Lipinski definition) is 1. The Bertz CT molecular complexity index is 729. The Balaban J connectivity index is 1.52. The molecule has 2 bridgehead atoms. The summed E-state index contributed by atoms with van der Waals surface area (Å²) >= 11 is 5.82. The average molecular weight is 357 g/mol. The number of carbonyl (C=O) groups is 1. The van der Waals surface area contributed by atoms with Crippen LogP contribution in [0.4, 0.5) is 0 Å². The van der Waals surface area contributed by atoms with E-state index in [9.17, 15) is 4.79 Å². The van der Waals surface area contributed by atoms with Gasteiger partial charge in [-0.15, -0.1) is 0 Å². The number of carbonyl (C=O) groups excluding carboxylic acids is 1. The molecule has 0 spiro atoms. The van der Waals surface area contributed by atoms with E-state index in [1.807, 2.05) is 12.3 Å². The third-order valence-corrected chi connectivity index (χ3v) is 5.64. The van der Waals surface area contributed by atoms with E-state index in [0.717, 1.165) is 32.4 Å².